The van der Waals surface area contributed by atoms with Gasteiger partial charge >= 0.3 is 23.9 Å². The molecule has 0 aliphatic heterocycles. The molecule has 0 aliphatic rings. The van der Waals surface area contributed by atoms with E-state index in [0.29, 0.717) is 28.7 Å². The smallest absolute Gasteiger partial charge is 0.333 e. The van der Waals surface area contributed by atoms with Crippen molar-refractivity contribution in [1.29, 1.82) is 0 Å². The van der Waals surface area contributed by atoms with Gasteiger partial charge in [-0.25, -0.2) is 9.59 Å². The van der Waals surface area contributed by atoms with Crippen LogP contribution in [0.3, 0.4) is 0 Å². The number of hydrogen-bond donors (Lipinski definition) is 0. The lowest BCUT2D eigenvalue weighted by Gasteiger charge is -2.34. The van der Waals surface area contributed by atoms with Crippen molar-refractivity contribution in [3.63, 3.8) is 0 Å². The van der Waals surface area contributed by atoms with Crippen molar-refractivity contribution in [2.75, 3.05) is 53.1 Å². The summed E-state index contributed by atoms with van der Waals surface area (Å²) in [5, 5.41) is 0. The van der Waals surface area contributed by atoms with E-state index in [1.54, 1.807) is 13.8 Å². The normalized spacial score (nSPS) is 11.1. The van der Waals surface area contributed by atoms with Crippen LogP contribution >= 0.6 is 0 Å². The topological polar surface area (TPSA) is 105 Å². The fourth-order valence-corrected chi connectivity index (χ4v) is 4.72. The molecule has 0 atom stereocenters. The van der Waals surface area contributed by atoms with E-state index in [9.17, 15) is 19.2 Å². The molecule has 0 bridgehead atoms. The molecule has 0 aliphatic carbocycles. The van der Waals surface area contributed by atoms with Crippen molar-refractivity contribution >= 4 is 23.9 Å². The van der Waals surface area contributed by atoms with E-state index < -0.39 is 11.9 Å². The number of nitrogens with zero attached hydrogens (tertiary/aromatic N) is 1. The van der Waals surface area contributed by atoms with Crippen LogP contribution in [-0.4, -0.2) is 81.5 Å². The van der Waals surface area contributed by atoms with Gasteiger partial charge in [-0.2, -0.15) is 0 Å². The highest BCUT2D eigenvalue weighted by molar-refractivity contribution is 5.87. The third-order valence-electron chi connectivity index (χ3n) is 7.62. The zero-order valence-corrected chi connectivity index (χ0v) is 28.4. The lowest BCUT2D eigenvalue weighted by atomic mass is 10.0. The average Bonchev–Trinajstić information content (AvgIpc) is 2.99. The molecule has 254 valence electrons. The van der Waals surface area contributed by atoms with Crippen molar-refractivity contribution in [2.24, 2.45) is 0 Å². The molecule has 9 heteroatoms. The second-order valence-corrected chi connectivity index (χ2v) is 12.2. The van der Waals surface area contributed by atoms with Crippen molar-refractivity contribution < 1.29 is 42.6 Å². The standard InChI is InChI=1S/C35H62NO8/c1-7-8-9-10-11-12-13-14-15-16-17-18-19-20-23-36(6,24-21-32(37)41-26-28-43-34(39)30(2)3)25-22-33(38)42-27-29-44-35(40)31(4)5/h2,4,7-29H2,1,3,5-6H3/q+1. The highest BCUT2D eigenvalue weighted by Gasteiger charge is 2.25. The average molecular weight is 625 g/mol. The molecule has 0 unspecified atom stereocenters. The third-order valence-corrected chi connectivity index (χ3v) is 7.62. The molecular weight excluding hydrogens is 562 g/mol. The van der Waals surface area contributed by atoms with Crippen molar-refractivity contribution in [2.45, 2.75) is 124 Å². The lowest BCUT2D eigenvalue weighted by Crippen LogP contribution is -2.47. The molecule has 0 N–H and O–H groups in total. The molecule has 0 radical (unpaired) electrons. The fourth-order valence-electron chi connectivity index (χ4n) is 4.72. The minimum absolute atomic E-state index is 0.0111. The Bertz CT molecular complexity index is 804. The maximum atomic E-state index is 12.4. The Hall–Kier alpha value is -2.68. The lowest BCUT2D eigenvalue weighted by molar-refractivity contribution is -0.908. The van der Waals surface area contributed by atoms with Gasteiger partial charge in [0, 0.05) is 11.1 Å². The second-order valence-electron chi connectivity index (χ2n) is 12.2. The minimum Gasteiger partial charge on any atom is -0.462 e. The first-order chi connectivity index (χ1) is 21.0. The summed E-state index contributed by atoms with van der Waals surface area (Å²) in [6.07, 6.45) is 18.4. The van der Waals surface area contributed by atoms with E-state index in [1.165, 1.54) is 77.0 Å². The van der Waals surface area contributed by atoms with Crippen molar-refractivity contribution in [3.8, 4) is 0 Å². The zero-order valence-electron chi connectivity index (χ0n) is 28.4. The summed E-state index contributed by atoms with van der Waals surface area (Å²) < 4.78 is 20.9. The summed E-state index contributed by atoms with van der Waals surface area (Å²) in [4.78, 5) is 47.6. The monoisotopic (exact) mass is 624 g/mol. The van der Waals surface area contributed by atoms with E-state index in [0.717, 1.165) is 19.4 Å². The quantitative estimate of drug-likeness (QED) is 0.0288. The third kappa shape index (κ3) is 24.7. The van der Waals surface area contributed by atoms with Crippen molar-refractivity contribution in [3.05, 3.63) is 24.3 Å². The number of esters is 4. The van der Waals surface area contributed by atoms with Gasteiger partial charge in [-0.15, -0.1) is 0 Å². The van der Waals surface area contributed by atoms with Crippen LogP contribution in [-0.2, 0) is 38.1 Å². The number of hydrogen-bond acceptors (Lipinski definition) is 8. The largest absolute Gasteiger partial charge is 0.462 e. The Labute approximate surface area is 267 Å². The SMILES string of the molecule is C=C(C)C(=O)OCCOC(=O)CC[N+](C)(CCCCCCCCCCCCCCCC)CCC(=O)OCCOC(=O)C(=C)C. The molecular formula is C35H62NO8+. The van der Waals surface area contributed by atoms with Gasteiger partial charge in [0.05, 0.1) is 39.5 Å². The molecule has 44 heavy (non-hydrogen) atoms. The summed E-state index contributed by atoms with van der Waals surface area (Å²) in [5.41, 5.74) is 0.582. The molecule has 0 amide bonds. The number of carbonyl (C=O) groups excluding carboxylic acids is 4. The van der Waals surface area contributed by atoms with Crippen LogP contribution < -0.4 is 0 Å². The predicted molar refractivity (Wildman–Crippen MR) is 174 cm³/mol. The Morgan fingerprint density at radius 1 is 0.500 bits per heavy atom. The molecule has 0 saturated heterocycles. The van der Waals surface area contributed by atoms with Crippen LogP contribution in [0.15, 0.2) is 24.3 Å². The maximum Gasteiger partial charge on any atom is 0.333 e. The zero-order chi connectivity index (χ0) is 33.1. The van der Waals surface area contributed by atoms with Crippen molar-refractivity contribution in [1.82, 2.24) is 0 Å². The molecule has 0 aromatic rings. The Morgan fingerprint density at radius 2 is 0.818 bits per heavy atom. The van der Waals surface area contributed by atoms with Crippen LogP contribution in [0.25, 0.3) is 0 Å². The molecule has 0 fully saturated rings. The molecule has 9 nitrogen and oxygen atoms in total. The van der Waals surface area contributed by atoms with Gasteiger partial charge in [-0.05, 0) is 26.7 Å². The highest BCUT2D eigenvalue weighted by Crippen LogP contribution is 2.15. The summed E-state index contributed by atoms with van der Waals surface area (Å²) >= 11 is 0. The number of rotatable bonds is 29. The Morgan fingerprint density at radius 3 is 1.16 bits per heavy atom. The van der Waals surface area contributed by atoms with Gasteiger partial charge in [0.1, 0.15) is 26.4 Å². The van der Waals surface area contributed by atoms with Gasteiger partial charge < -0.3 is 23.4 Å². The van der Waals surface area contributed by atoms with Gasteiger partial charge in [0.2, 0.25) is 0 Å². The van der Waals surface area contributed by atoms with Crippen LogP contribution in [0.1, 0.15) is 124 Å². The number of carbonyl (C=O) groups is 4. The van der Waals surface area contributed by atoms with Gasteiger partial charge in [-0.3, -0.25) is 9.59 Å². The number of unbranched alkanes of at least 4 members (excludes halogenated alkanes) is 13. The minimum atomic E-state index is -0.515. The first-order valence-corrected chi connectivity index (χ1v) is 16.8. The van der Waals surface area contributed by atoms with Crippen LogP contribution in [0.2, 0.25) is 0 Å². The first-order valence-electron chi connectivity index (χ1n) is 16.8. The van der Waals surface area contributed by atoms with E-state index in [2.05, 4.69) is 20.1 Å². The predicted octanol–water partition coefficient (Wildman–Crippen LogP) is 7.02. The van der Waals surface area contributed by atoms with E-state index in [4.69, 9.17) is 18.9 Å². The molecule has 0 saturated carbocycles. The number of ether oxygens (including phenoxy) is 4. The summed E-state index contributed by atoms with van der Waals surface area (Å²) in [5.74, 6) is -1.77. The Kier molecular flexibility index (Phi) is 25.1. The van der Waals surface area contributed by atoms with Crippen LogP contribution in [0, 0.1) is 0 Å². The van der Waals surface area contributed by atoms with E-state index in [1.807, 2.05) is 7.05 Å². The summed E-state index contributed by atoms with van der Waals surface area (Å²) in [6.45, 7) is 14.2. The second kappa shape index (κ2) is 26.7. The molecule has 0 aromatic heterocycles. The molecule has 0 spiro atoms. The molecule has 0 rings (SSSR count). The number of quaternary nitrogens is 1. The molecule has 0 heterocycles. The van der Waals surface area contributed by atoms with Crippen LogP contribution in [0.4, 0.5) is 0 Å². The maximum absolute atomic E-state index is 12.4. The molecule has 0 aromatic carbocycles. The fraction of sp³-hybridized carbons (Fsp3) is 0.771. The van der Waals surface area contributed by atoms with E-state index >= 15 is 0 Å². The summed E-state index contributed by atoms with van der Waals surface area (Å²) in [7, 11) is 2.05. The van der Waals surface area contributed by atoms with Gasteiger partial charge in [-0.1, -0.05) is 97.1 Å². The van der Waals surface area contributed by atoms with Gasteiger partial charge in [0.15, 0.2) is 0 Å². The van der Waals surface area contributed by atoms with E-state index in [-0.39, 0.29) is 51.2 Å². The van der Waals surface area contributed by atoms with Gasteiger partial charge in [0.25, 0.3) is 0 Å². The van der Waals surface area contributed by atoms with Crippen LogP contribution in [0.5, 0.6) is 0 Å². The first kappa shape index (κ1) is 41.3. The Balaban J connectivity index is 4.46. The summed E-state index contributed by atoms with van der Waals surface area (Å²) in [6, 6.07) is 0. The highest BCUT2D eigenvalue weighted by atomic mass is 16.6.